The molecular weight excluding hydrogens is 1810 g/mol. The van der Waals surface area contributed by atoms with Crippen molar-refractivity contribution >= 4 is 160 Å². The minimum Gasteiger partial charge on any atom is -0.383 e. The quantitative estimate of drug-likeness (QED) is 0.0464. The standard InChI is InChI=1S/C28H32BrFN8O2S.C28H31Cl2FN8O2S.C28H31FN10O2S2/c1-36-12-14-37(15-13-36)19-7-9-20(10-8-19)38-28-25(27(31)32-17-33-28)26(34-38)18-6-11-23(22(30)16-18)35-41(39,40)24-5-3-2-4-21(24)29;1-37-11-13-38(14-12-37)18-6-8-19(9-7-18)39-28-24(27(32)33-16-34-28)25(35-39)17-5-10-23(22(31)15-17)36-42(40,41)26-20(29)3-2-4-21(26)30;1-37-11-13-38(14-12-37)18-6-8-19(9-7-18)39-28-24(27(30)31-16-32-28)25(33-39)17-5-10-21(20(29)15-17)36-43(40,41)23-4-2-3-22-26(23)35-42-34-22/h2-6,11,16-17,19-20,35H,7-10,12-15H2,1H3,(H2,31,32,33);2-5,10,15-16,18-19,36H,6-9,11-14H2,1H3,(H2,32,33,34);2-5,10,15-16,18-19,36H,6-9,11-14H2,1H3,(H2,30,31,32). The molecule has 6 aliphatic rings. The summed E-state index contributed by atoms with van der Waals surface area (Å²) >= 11 is 16.3. The summed E-state index contributed by atoms with van der Waals surface area (Å²) in [5, 5.41) is 16.2. The number of nitrogens with zero attached hydrogens (tertiary/aromatic N) is 20. The Morgan fingerprint density at radius 1 is 0.397 bits per heavy atom. The topological polar surface area (TPSA) is 393 Å². The Hall–Kier alpha value is -9.95. The maximum atomic E-state index is 15.5. The van der Waals surface area contributed by atoms with Crippen LogP contribution in [-0.4, -0.2) is 240 Å². The van der Waals surface area contributed by atoms with Gasteiger partial charge in [0.1, 0.15) is 96.7 Å². The molecule has 126 heavy (non-hydrogen) atoms. The number of fused-ring (bicyclic) bond motifs is 4. The number of sulfonamides is 3. The molecule has 0 bridgehead atoms. The van der Waals surface area contributed by atoms with Crippen LogP contribution >= 0.6 is 50.9 Å². The molecule has 3 aliphatic heterocycles. The summed E-state index contributed by atoms with van der Waals surface area (Å²) in [6.45, 7) is 13.2. The number of likely N-dealkylation sites (N-methyl/N-ethyl adjacent to an activating group) is 3. The van der Waals surface area contributed by atoms with Gasteiger partial charge in [-0.1, -0.05) is 65.7 Å². The van der Waals surface area contributed by atoms with E-state index in [0.29, 0.717) is 95.0 Å². The third kappa shape index (κ3) is 18.5. The molecule has 32 nitrogen and oxygen atoms in total. The summed E-state index contributed by atoms with van der Waals surface area (Å²) in [6, 6.07) is 30.1. The maximum Gasteiger partial charge on any atom is 0.264 e. The number of hydrogen-bond donors (Lipinski definition) is 6. The van der Waals surface area contributed by atoms with Crippen molar-refractivity contribution < 1.29 is 38.4 Å². The van der Waals surface area contributed by atoms with Crippen molar-refractivity contribution in [3.8, 4) is 33.8 Å². The van der Waals surface area contributed by atoms with Crippen molar-refractivity contribution in [2.45, 2.75) is 128 Å². The van der Waals surface area contributed by atoms with Crippen molar-refractivity contribution in [1.82, 2.24) is 97.4 Å². The van der Waals surface area contributed by atoms with Crippen LogP contribution in [0, 0.1) is 17.5 Å². The van der Waals surface area contributed by atoms with Gasteiger partial charge in [-0.05, 0) is 187 Å². The fraction of sp³-hybridized carbons (Fsp3) is 0.393. The first-order valence-electron chi connectivity index (χ1n) is 41.7. The number of nitrogens with one attached hydrogen (secondary N) is 3. The van der Waals surface area contributed by atoms with Crippen LogP contribution in [0.25, 0.3) is 77.9 Å². The van der Waals surface area contributed by atoms with Gasteiger partial charge in [0.2, 0.25) is 0 Å². The number of benzene rings is 6. The molecule has 662 valence electrons. The first-order valence-corrected chi connectivity index (χ1v) is 48.5. The maximum absolute atomic E-state index is 15.5. The number of nitrogens with two attached hydrogens (primary N) is 3. The molecule has 6 fully saturated rings. The molecule has 10 heterocycles. The third-order valence-electron chi connectivity index (χ3n) is 25.1. The van der Waals surface area contributed by atoms with Crippen LogP contribution in [-0.2, 0) is 30.1 Å². The van der Waals surface area contributed by atoms with E-state index in [4.69, 9.17) is 55.7 Å². The SMILES string of the molecule is CN1CCN(C2CCC(n3nc(-c4ccc(NS(=O)(=O)c5c(Cl)cccc5Cl)c(F)c4)c4c(N)ncnc43)CC2)CC1.CN1CCN(C2CCC(n3nc(-c4ccc(NS(=O)(=O)c5cccc6nsnc56)c(F)c4)c4c(N)ncnc43)CC2)CC1.CN1CCN(C2CCC(n3nc(-c4ccc(NS(=O)(=O)c5ccccc5Br)c(F)c4)c4c(N)ncnc43)CC2)CC1. The molecule has 3 aliphatic carbocycles. The number of halogens is 6. The zero-order chi connectivity index (χ0) is 88.0. The van der Waals surface area contributed by atoms with Crippen LogP contribution < -0.4 is 31.4 Å². The lowest BCUT2D eigenvalue weighted by atomic mass is 9.90. The van der Waals surface area contributed by atoms with Crippen LogP contribution in [0.4, 0.5) is 47.7 Å². The van der Waals surface area contributed by atoms with Gasteiger partial charge in [-0.15, -0.1) is 0 Å². The van der Waals surface area contributed by atoms with E-state index in [1.807, 2.05) is 14.0 Å². The molecule has 0 atom stereocenters. The number of nitrogen functional groups attached to an aromatic ring is 3. The lowest BCUT2D eigenvalue weighted by Gasteiger charge is -2.41. The summed E-state index contributed by atoms with van der Waals surface area (Å²) in [6.07, 6.45) is 16.4. The second-order valence-electron chi connectivity index (χ2n) is 32.9. The molecule has 6 aromatic carbocycles. The number of anilines is 6. The van der Waals surface area contributed by atoms with Crippen LogP contribution in [0.5, 0.6) is 0 Å². The Balaban J connectivity index is 0.000000133. The lowest BCUT2D eigenvalue weighted by molar-refractivity contribution is 0.0815. The third-order valence-corrected chi connectivity index (χ3v) is 31.7. The van der Waals surface area contributed by atoms with Crippen LogP contribution in [0.2, 0.25) is 10.0 Å². The first-order chi connectivity index (χ1) is 60.6. The Morgan fingerprint density at radius 2 is 0.722 bits per heavy atom. The number of piperazine rings is 3. The van der Waals surface area contributed by atoms with Gasteiger partial charge in [0.15, 0.2) is 16.9 Å². The first kappa shape index (κ1) is 88.1. The second kappa shape index (κ2) is 37.0. The van der Waals surface area contributed by atoms with E-state index in [2.05, 4.69) is 119 Å². The Kier molecular flexibility index (Phi) is 25.9. The normalized spacial score (nSPS) is 20.7. The molecular formula is C84H94BrCl2F3N26O6S4. The fourth-order valence-electron chi connectivity index (χ4n) is 18.2. The molecule has 9 N–H and O–H groups in total. The number of rotatable bonds is 18. The highest BCUT2D eigenvalue weighted by Crippen LogP contribution is 2.44. The van der Waals surface area contributed by atoms with Gasteiger partial charge in [-0.2, -0.15) is 24.0 Å². The lowest BCUT2D eigenvalue weighted by Crippen LogP contribution is -2.49. The monoisotopic (exact) mass is 1900 g/mol. The molecule has 19 rings (SSSR count). The summed E-state index contributed by atoms with van der Waals surface area (Å²) in [4.78, 5) is 40.6. The van der Waals surface area contributed by atoms with Crippen LogP contribution in [0.3, 0.4) is 0 Å². The minimum absolute atomic E-state index is 0.0143. The molecule has 0 unspecified atom stereocenters. The van der Waals surface area contributed by atoms with Gasteiger partial charge in [0, 0.05) is 118 Å². The van der Waals surface area contributed by atoms with Gasteiger partial charge >= 0.3 is 0 Å². The largest absolute Gasteiger partial charge is 0.383 e. The number of aromatic nitrogens is 14. The Morgan fingerprint density at radius 3 is 1.08 bits per heavy atom. The molecule has 7 aromatic heterocycles. The molecule has 0 spiro atoms. The molecule has 3 saturated carbocycles. The summed E-state index contributed by atoms with van der Waals surface area (Å²) in [5.74, 6) is -1.52. The van der Waals surface area contributed by atoms with Crippen LogP contribution in [0.15, 0.2) is 153 Å². The van der Waals surface area contributed by atoms with E-state index in [0.717, 1.165) is 167 Å². The van der Waals surface area contributed by atoms with Gasteiger partial charge in [0.25, 0.3) is 30.1 Å². The van der Waals surface area contributed by atoms with Crippen molar-refractivity contribution in [2.75, 3.05) is 131 Å². The zero-order valence-corrected chi connectivity index (χ0v) is 75.5. The minimum atomic E-state index is -4.26. The van der Waals surface area contributed by atoms with E-state index < -0.39 is 47.5 Å². The molecule has 0 radical (unpaired) electrons. The number of hydrogen-bond acceptors (Lipinski definition) is 27. The predicted octanol–water partition coefficient (Wildman–Crippen LogP) is 13.3. The smallest absolute Gasteiger partial charge is 0.264 e. The van der Waals surface area contributed by atoms with Gasteiger partial charge in [-0.25, -0.2) is 82.4 Å². The van der Waals surface area contributed by atoms with Crippen molar-refractivity contribution in [2.24, 2.45) is 0 Å². The highest BCUT2D eigenvalue weighted by molar-refractivity contribution is 9.10. The zero-order valence-electron chi connectivity index (χ0n) is 69.2. The molecule has 13 aromatic rings. The van der Waals surface area contributed by atoms with Crippen molar-refractivity contribution in [1.29, 1.82) is 0 Å². The molecule has 42 heteroatoms. The summed E-state index contributed by atoms with van der Waals surface area (Å²) in [7, 11) is -5.90. The summed E-state index contributed by atoms with van der Waals surface area (Å²) in [5.41, 5.74) is 23.5. The van der Waals surface area contributed by atoms with E-state index in [1.165, 1.54) is 85.7 Å². The fourth-order valence-corrected chi connectivity index (χ4v) is 24.3. The van der Waals surface area contributed by atoms with E-state index >= 15 is 13.2 Å². The van der Waals surface area contributed by atoms with Crippen LogP contribution in [0.1, 0.15) is 95.2 Å². The highest BCUT2D eigenvalue weighted by Gasteiger charge is 2.37. The summed E-state index contributed by atoms with van der Waals surface area (Å²) < 4.78 is 146. The molecule has 3 saturated heterocycles. The van der Waals surface area contributed by atoms with Gasteiger partial charge in [0.05, 0.1) is 73.1 Å². The Labute approximate surface area is 749 Å². The second-order valence-corrected chi connectivity index (χ2v) is 40.0. The highest BCUT2D eigenvalue weighted by atomic mass is 79.9. The van der Waals surface area contributed by atoms with Crippen molar-refractivity contribution in [3.63, 3.8) is 0 Å². The average Bonchev–Trinajstić information content (AvgIpc) is 1.61. The van der Waals surface area contributed by atoms with Gasteiger partial charge < -0.3 is 31.9 Å². The predicted molar refractivity (Wildman–Crippen MR) is 487 cm³/mol. The van der Waals surface area contributed by atoms with E-state index in [9.17, 15) is 25.3 Å². The van der Waals surface area contributed by atoms with E-state index in [1.54, 1.807) is 48.5 Å². The average molecular weight is 1900 g/mol. The molecule has 0 amide bonds. The van der Waals surface area contributed by atoms with Crippen molar-refractivity contribution in [3.05, 3.63) is 166 Å². The Bertz CT molecular complexity index is 6550. The van der Waals surface area contributed by atoms with E-state index in [-0.39, 0.29) is 82.9 Å². The van der Waals surface area contributed by atoms with Gasteiger partial charge in [-0.3, -0.25) is 28.9 Å².